The molecule has 0 fully saturated rings. The maximum absolute atomic E-state index is 13.0. The number of rotatable bonds is 2. The number of hydrogen-bond donors (Lipinski definition) is 0. The summed E-state index contributed by atoms with van der Waals surface area (Å²) in [5, 5.41) is 0. The SMILES string of the molecule is F/C=C/c1cc(F)ccc1-c1ccc(F)cc1. The predicted molar refractivity (Wildman–Crippen MR) is 61.9 cm³/mol. The molecule has 2 aromatic rings. The van der Waals surface area contributed by atoms with Gasteiger partial charge < -0.3 is 0 Å². The smallest absolute Gasteiger partial charge is 0.123 e. The summed E-state index contributed by atoms with van der Waals surface area (Å²) in [5.74, 6) is -0.789. The van der Waals surface area contributed by atoms with Crippen LogP contribution in [0.3, 0.4) is 0 Å². The lowest BCUT2D eigenvalue weighted by Crippen LogP contribution is -1.86. The van der Waals surface area contributed by atoms with Gasteiger partial charge >= 0.3 is 0 Å². The Hall–Kier alpha value is -2.03. The first-order chi connectivity index (χ1) is 8.20. The Bertz CT molecular complexity index is 542. The maximum Gasteiger partial charge on any atom is 0.123 e. The van der Waals surface area contributed by atoms with Crippen molar-refractivity contribution in [3.8, 4) is 11.1 Å². The van der Waals surface area contributed by atoms with Crippen LogP contribution in [0.15, 0.2) is 48.8 Å². The second-order valence-electron chi connectivity index (χ2n) is 3.53. The molecule has 0 heterocycles. The highest BCUT2D eigenvalue weighted by Gasteiger charge is 2.04. The van der Waals surface area contributed by atoms with Crippen molar-refractivity contribution in [1.29, 1.82) is 0 Å². The summed E-state index contributed by atoms with van der Waals surface area (Å²) in [7, 11) is 0. The molecule has 0 saturated carbocycles. The van der Waals surface area contributed by atoms with Crippen LogP contribution in [0.4, 0.5) is 13.2 Å². The summed E-state index contributed by atoms with van der Waals surface area (Å²) in [6.45, 7) is 0. The number of benzene rings is 2. The van der Waals surface area contributed by atoms with Crippen molar-refractivity contribution in [2.24, 2.45) is 0 Å². The van der Waals surface area contributed by atoms with Crippen molar-refractivity contribution in [1.82, 2.24) is 0 Å². The summed E-state index contributed by atoms with van der Waals surface area (Å²) in [5.41, 5.74) is 1.78. The van der Waals surface area contributed by atoms with Crippen LogP contribution in [-0.4, -0.2) is 0 Å². The van der Waals surface area contributed by atoms with Crippen LogP contribution in [0.2, 0.25) is 0 Å². The minimum atomic E-state index is -0.441. The van der Waals surface area contributed by atoms with Crippen molar-refractivity contribution in [2.45, 2.75) is 0 Å². The van der Waals surface area contributed by atoms with Gasteiger partial charge in [-0.15, -0.1) is 0 Å². The van der Waals surface area contributed by atoms with Gasteiger partial charge in [-0.2, -0.15) is 0 Å². The zero-order chi connectivity index (χ0) is 12.3. The normalized spacial score (nSPS) is 11.0. The van der Waals surface area contributed by atoms with E-state index in [2.05, 4.69) is 0 Å². The van der Waals surface area contributed by atoms with Gasteiger partial charge in [-0.25, -0.2) is 13.2 Å². The van der Waals surface area contributed by atoms with Gasteiger partial charge in [0, 0.05) is 0 Å². The van der Waals surface area contributed by atoms with E-state index in [-0.39, 0.29) is 5.82 Å². The Morgan fingerprint density at radius 1 is 0.824 bits per heavy atom. The fourth-order valence-electron chi connectivity index (χ4n) is 1.63. The van der Waals surface area contributed by atoms with Crippen LogP contribution >= 0.6 is 0 Å². The Balaban J connectivity index is 2.54. The fraction of sp³-hybridized carbons (Fsp3) is 0. The van der Waals surface area contributed by atoms with Gasteiger partial charge in [0.25, 0.3) is 0 Å². The van der Waals surface area contributed by atoms with Crippen molar-refractivity contribution in [3.63, 3.8) is 0 Å². The topological polar surface area (TPSA) is 0 Å². The van der Waals surface area contributed by atoms with Gasteiger partial charge in [-0.1, -0.05) is 18.2 Å². The second kappa shape index (κ2) is 4.87. The maximum atomic E-state index is 13.0. The van der Waals surface area contributed by atoms with Gasteiger partial charge in [0.15, 0.2) is 0 Å². The van der Waals surface area contributed by atoms with Crippen molar-refractivity contribution >= 4 is 6.08 Å². The van der Waals surface area contributed by atoms with E-state index in [1.54, 1.807) is 12.1 Å². The molecule has 0 aliphatic heterocycles. The van der Waals surface area contributed by atoms with E-state index in [0.717, 1.165) is 0 Å². The predicted octanol–water partition coefficient (Wildman–Crippen LogP) is 4.57. The largest absolute Gasteiger partial charge is 0.216 e. The van der Waals surface area contributed by atoms with Gasteiger partial charge in [0.2, 0.25) is 0 Å². The minimum Gasteiger partial charge on any atom is -0.216 e. The molecule has 0 atom stereocenters. The Morgan fingerprint density at radius 3 is 2.12 bits per heavy atom. The molecular weight excluding hydrogens is 225 g/mol. The lowest BCUT2D eigenvalue weighted by Gasteiger charge is -2.06. The third-order valence-corrected chi connectivity index (χ3v) is 2.41. The molecule has 0 aliphatic rings. The molecule has 2 rings (SSSR count). The van der Waals surface area contributed by atoms with E-state index < -0.39 is 5.82 Å². The lowest BCUT2D eigenvalue weighted by atomic mass is 9.99. The van der Waals surface area contributed by atoms with Crippen LogP contribution in [-0.2, 0) is 0 Å². The molecule has 0 bridgehead atoms. The third kappa shape index (κ3) is 2.56. The molecule has 0 radical (unpaired) electrons. The first-order valence-electron chi connectivity index (χ1n) is 5.03. The van der Waals surface area contributed by atoms with Crippen molar-refractivity contribution in [2.75, 3.05) is 0 Å². The standard InChI is InChI=1S/C14H9F3/c15-8-7-11-9-13(17)5-6-14(11)10-1-3-12(16)4-2-10/h1-9H/b8-7+. The van der Waals surface area contributed by atoms with Crippen LogP contribution in [0.25, 0.3) is 17.2 Å². The first kappa shape index (κ1) is 11.5. The molecule has 0 aliphatic carbocycles. The molecular formula is C14H9F3. The van der Waals surface area contributed by atoms with Gasteiger partial charge in [0.1, 0.15) is 11.6 Å². The molecule has 0 spiro atoms. The van der Waals surface area contributed by atoms with Gasteiger partial charge in [-0.05, 0) is 47.0 Å². The zero-order valence-corrected chi connectivity index (χ0v) is 8.83. The fourth-order valence-corrected chi connectivity index (χ4v) is 1.63. The second-order valence-corrected chi connectivity index (χ2v) is 3.53. The third-order valence-electron chi connectivity index (χ3n) is 2.41. The highest BCUT2D eigenvalue weighted by atomic mass is 19.1. The van der Waals surface area contributed by atoms with Crippen molar-refractivity contribution < 1.29 is 13.2 Å². The van der Waals surface area contributed by atoms with Gasteiger partial charge in [-0.3, -0.25) is 0 Å². The molecule has 0 nitrogen and oxygen atoms in total. The summed E-state index contributed by atoms with van der Waals surface area (Å²) >= 11 is 0. The molecule has 0 aromatic heterocycles. The van der Waals surface area contributed by atoms with Crippen LogP contribution < -0.4 is 0 Å². The van der Waals surface area contributed by atoms with E-state index in [0.29, 0.717) is 23.0 Å². The van der Waals surface area contributed by atoms with E-state index in [1.165, 1.54) is 36.4 Å². The Kier molecular flexibility index (Phi) is 3.28. The van der Waals surface area contributed by atoms with E-state index in [9.17, 15) is 13.2 Å². The van der Waals surface area contributed by atoms with Crippen LogP contribution in [0, 0.1) is 11.6 Å². The summed E-state index contributed by atoms with van der Waals surface area (Å²) < 4.78 is 38.0. The monoisotopic (exact) mass is 234 g/mol. The molecule has 0 saturated heterocycles. The summed E-state index contributed by atoms with van der Waals surface area (Å²) in [6.07, 6.45) is 1.52. The van der Waals surface area contributed by atoms with Gasteiger partial charge in [0.05, 0.1) is 6.33 Å². The van der Waals surface area contributed by atoms with E-state index in [4.69, 9.17) is 0 Å². The molecule has 3 heteroatoms. The Labute approximate surface area is 97.0 Å². The molecule has 2 aromatic carbocycles. The lowest BCUT2D eigenvalue weighted by molar-refractivity contribution is 0.626. The highest BCUT2D eigenvalue weighted by Crippen LogP contribution is 2.25. The average molecular weight is 234 g/mol. The molecule has 86 valence electrons. The van der Waals surface area contributed by atoms with Crippen LogP contribution in [0.5, 0.6) is 0 Å². The summed E-state index contributed by atoms with van der Waals surface area (Å²) in [6, 6.07) is 9.81. The molecule has 0 unspecified atom stereocenters. The molecule has 0 N–H and O–H groups in total. The number of halogens is 3. The quantitative estimate of drug-likeness (QED) is 0.713. The summed E-state index contributed by atoms with van der Waals surface area (Å²) in [4.78, 5) is 0. The van der Waals surface area contributed by atoms with E-state index >= 15 is 0 Å². The highest BCUT2D eigenvalue weighted by molar-refractivity contribution is 5.74. The van der Waals surface area contributed by atoms with Crippen LogP contribution in [0.1, 0.15) is 5.56 Å². The van der Waals surface area contributed by atoms with Crippen molar-refractivity contribution in [3.05, 3.63) is 66.0 Å². The average Bonchev–Trinajstić information content (AvgIpc) is 2.31. The minimum absolute atomic E-state index is 0.349. The molecule has 0 amide bonds. The first-order valence-corrected chi connectivity index (χ1v) is 5.03. The Morgan fingerprint density at radius 2 is 1.47 bits per heavy atom. The van der Waals surface area contributed by atoms with E-state index in [1.807, 2.05) is 0 Å². The molecule has 17 heavy (non-hydrogen) atoms. The number of hydrogen-bond acceptors (Lipinski definition) is 0. The zero-order valence-electron chi connectivity index (χ0n) is 8.83.